The van der Waals surface area contributed by atoms with Crippen LogP contribution in [0.3, 0.4) is 0 Å². The number of anilines is 1. The highest BCUT2D eigenvalue weighted by molar-refractivity contribution is 7.88. The maximum atomic E-state index is 12.7. The van der Waals surface area contributed by atoms with Gasteiger partial charge in [0.15, 0.2) is 0 Å². The highest BCUT2D eigenvalue weighted by Gasteiger charge is 2.42. The van der Waals surface area contributed by atoms with Crippen LogP contribution in [0.4, 0.5) is 10.5 Å². The fourth-order valence-corrected chi connectivity index (χ4v) is 5.06. The summed E-state index contributed by atoms with van der Waals surface area (Å²) in [4.78, 5) is 38.3. The normalized spacial score (nSPS) is 25.7. The molecule has 1 aromatic carbocycles. The SMILES string of the molecule is CCC1(c2ccc(NC(=O)N3CCN(S(C)(=O)=O)CC3C)cc2)CCC(=O)NC1=O. The van der Waals surface area contributed by atoms with Crippen LogP contribution in [0.5, 0.6) is 0 Å². The first kappa shape index (κ1) is 22.2. The zero-order valence-electron chi connectivity index (χ0n) is 17.5. The molecule has 0 bridgehead atoms. The molecular formula is C20H28N4O5S. The first-order valence-electron chi connectivity index (χ1n) is 10.0. The topological polar surface area (TPSA) is 116 Å². The van der Waals surface area contributed by atoms with Gasteiger partial charge >= 0.3 is 6.03 Å². The summed E-state index contributed by atoms with van der Waals surface area (Å²) in [6.07, 6.45) is 2.50. The zero-order chi connectivity index (χ0) is 22.1. The van der Waals surface area contributed by atoms with E-state index in [1.165, 1.54) is 10.6 Å². The van der Waals surface area contributed by atoms with E-state index < -0.39 is 15.4 Å². The molecule has 2 atom stereocenters. The quantitative estimate of drug-likeness (QED) is 0.690. The highest BCUT2D eigenvalue weighted by Crippen LogP contribution is 2.36. The fourth-order valence-electron chi connectivity index (χ4n) is 4.16. The molecule has 3 rings (SSSR count). The highest BCUT2D eigenvalue weighted by atomic mass is 32.2. The number of piperidine rings is 1. The average Bonchev–Trinajstić information content (AvgIpc) is 2.68. The number of sulfonamides is 1. The van der Waals surface area contributed by atoms with E-state index in [9.17, 15) is 22.8 Å². The number of piperazine rings is 1. The van der Waals surface area contributed by atoms with Crippen molar-refractivity contribution in [3.05, 3.63) is 29.8 Å². The van der Waals surface area contributed by atoms with Crippen molar-refractivity contribution in [2.75, 3.05) is 31.2 Å². The Kier molecular flexibility index (Phi) is 6.19. The number of hydrogen-bond acceptors (Lipinski definition) is 5. The number of hydrogen-bond donors (Lipinski definition) is 2. The fraction of sp³-hybridized carbons (Fsp3) is 0.550. The van der Waals surface area contributed by atoms with E-state index in [4.69, 9.17) is 0 Å². The van der Waals surface area contributed by atoms with Gasteiger partial charge in [0.25, 0.3) is 0 Å². The third kappa shape index (κ3) is 4.34. The lowest BCUT2D eigenvalue weighted by Gasteiger charge is -2.38. The zero-order valence-corrected chi connectivity index (χ0v) is 18.3. The molecule has 2 fully saturated rings. The van der Waals surface area contributed by atoms with Crippen molar-refractivity contribution >= 4 is 33.6 Å². The second-order valence-electron chi connectivity index (χ2n) is 7.98. The number of amides is 4. The molecule has 10 heteroatoms. The van der Waals surface area contributed by atoms with Gasteiger partial charge < -0.3 is 10.2 Å². The second-order valence-corrected chi connectivity index (χ2v) is 9.97. The van der Waals surface area contributed by atoms with Crippen LogP contribution >= 0.6 is 0 Å². The number of nitrogens with zero attached hydrogens (tertiary/aromatic N) is 2. The number of benzene rings is 1. The lowest BCUT2D eigenvalue weighted by molar-refractivity contribution is -0.138. The Morgan fingerprint density at radius 3 is 2.43 bits per heavy atom. The summed E-state index contributed by atoms with van der Waals surface area (Å²) in [7, 11) is -3.28. The van der Waals surface area contributed by atoms with Crippen molar-refractivity contribution < 1.29 is 22.8 Å². The Bertz CT molecular complexity index is 946. The van der Waals surface area contributed by atoms with Crippen molar-refractivity contribution in [3.63, 3.8) is 0 Å². The molecule has 164 valence electrons. The van der Waals surface area contributed by atoms with Gasteiger partial charge in [0, 0.05) is 37.8 Å². The van der Waals surface area contributed by atoms with Gasteiger partial charge in [-0.3, -0.25) is 14.9 Å². The maximum Gasteiger partial charge on any atom is 0.322 e. The van der Waals surface area contributed by atoms with Gasteiger partial charge in [-0.2, -0.15) is 4.31 Å². The lowest BCUT2D eigenvalue weighted by atomic mass is 9.72. The Hall–Kier alpha value is -2.46. The molecular weight excluding hydrogens is 408 g/mol. The number of carbonyl (C=O) groups excluding carboxylic acids is 3. The van der Waals surface area contributed by atoms with E-state index in [0.29, 0.717) is 31.5 Å². The molecule has 2 N–H and O–H groups in total. The van der Waals surface area contributed by atoms with Crippen LogP contribution in [0.2, 0.25) is 0 Å². The molecule has 2 saturated heterocycles. The van der Waals surface area contributed by atoms with Crippen LogP contribution in [0, 0.1) is 0 Å². The first-order valence-corrected chi connectivity index (χ1v) is 11.9. The largest absolute Gasteiger partial charge is 0.322 e. The third-order valence-corrected chi connectivity index (χ3v) is 7.35. The molecule has 2 aliphatic heterocycles. The molecule has 0 spiro atoms. The third-order valence-electron chi connectivity index (χ3n) is 6.08. The number of rotatable bonds is 4. The molecule has 0 aromatic heterocycles. The predicted octanol–water partition coefficient (Wildman–Crippen LogP) is 1.27. The van der Waals surface area contributed by atoms with Crippen molar-refractivity contribution in [1.29, 1.82) is 0 Å². The minimum atomic E-state index is -3.28. The van der Waals surface area contributed by atoms with Crippen molar-refractivity contribution in [1.82, 2.24) is 14.5 Å². The number of carbonyl (C=O) groups is 3. The smallest absolute Gasteiger partial charge is 0.319 e. The van der Waals surface area contributed by atoms with Crippen molar-refractivity contribution in [2.24, 2.45) is 0 Å². The average molecular weight is 437 g/mol. The standard InChI is InChI=1S/C20H28N4O5S/c1-4-20(10-9-17(25)22-18(20)26)15-5-7-16(8-6-15)21-19(27)24-12-11-23(13-14(24)2)30(3,28)29/h5-8,14H,4,9-13H2,1-3H3,(H,21,27)(H,22,25,26). The second kappa shape index (κ2) is 8.35. The minimum absolute atomic E-state index is 0.250. The molecule has 0 radical (unpaired) electrons. The summed E-state index contributed by atoms with van der Waals surface area (Å²) in [6.45, 7) is 4.57. The Balaban J connectivity index is 1.68. The number of nitrogens with one attached hydrogen (secondary N) is 2. The minimum Gasteiger partial charge on any atom is -0.319 e. The summed E-state index contributed by atoms with van der Waals surface area (Å²) >= 11 is 0. The molecule has 9 nitrogen and oxygen atoms in total. The van der Waals surface area contributed by atoms with E-state index >= 15 is 0 Å². The Morgan fingerprint density at radius 1 is 1.23 bits per heavy atom. The molecule has 2 aliphatic rings. The predicted molar refractivity (Wildman–Crippen MR) is 112 cm³/mol. The summed E-state index contributed by atoms with van der Waals surface area (Å²) < 4.78 is 24.8. The monoisotopic (exact) mass is 436 g/mol. The first-order chi connectivity index (χ1) is 14.1. The Morgan fingerprint density at radius 2 is 1.90 bits per heavy atom. The molecule has 0 saturated carbocycles. The van der Waals surface area contributed by atoms with Gasteiger partial charge in [0.1, 0.15) is 0 Å². The molecule has 30 heavy (non-hydrogen) atoms. The van der Waals surface area contributed by atoms with Crippen LogP contribution in [-0.2, 0) is 25.0 Å². The van der Waals surface area contributed by atoms with Crippen molar-refractivity contribution in [3.8, 4) is 0 Å². The van der Waals surface area contributed by atoms with Crippen molar-refractivity contribution in [2.45, 2.75) is 44.6 Å². The molecule has 0 aliphatic carbocycles. The van der Waals surface area contributed by atoms with E-state index in [1.54, 1.807) is 29.2 Å². The van der Waals surface area contributed by atoms with Gasteiger partial charge in [-0.05, 0) is 37.5 Å². The molecule has 2 unspecified atom stereocenters. The summed E-state index contributed by atoms with van der Waals surface area (Å²) in [5.41, 5.74) is 0.649. The van der Waals surface area contributed by atoms with Crippen LogP contribution in [0.15, 0.2) is 24.3 Å². The van der Waals surface area contributed by atoms with E-state index in [1.807, 2.05) is 13.8 Å². The molecule has 4 amide bonds. The number of urea groups is 1. The summed E-state index contributed by atoms with van der Waals surface area (Å²) in [5.74, 6) is -0.534. The molecule has 1 aromatic rings. The van der Waals surface area contributed by atoms with E-state index in [0.717, 1.165) is 5.56 Å². The number of imide groups is 1. The van der Waals surface area contributed by atoms with Crippen LogP contribution in [0.25, 0.3) is 0 Å². The van der Waals surface area contributed by atoms with Gasteiger partial charge in [0.05, 0.1) is 11.7 Å². The van der Waals surface area contributed by atoms with Gasteiger partial charge in [-0.25, -0.2) is 13.2 Å². The van der Waals surface area contributed by atoms with E-state index in [-0.39, 0.29) is 37.0 Å². The van der Waals surface area contributed by atoms with Gasteiger partial charge in [0.2, 0.25) is 21.8 Å². The maximum absolute atomic E-state index is 12.7. The van der Waals surface area contributed by atoms with Gasteiger partial charge in [-0.1, -0.05) is 19.1 Å². The summed E-state index contributed by atoms with van der Waals surface area (Å²) in [5, 5.41) is 5.27. The van der Waals surface area contributed by atoms with Crippen LogP contribution in [-0.4, -0.2) is 67.4 Å². The Labute approximate surface area is 176 Å². The van der Waals surface area contributed by atoms with Gasteiger partial charge in [-0.15, -0.1) is 0 Å². The summed E-state index contributed by atoms with van der Waals surface area (Å²) in [6, 6.07) is 6.55. The lowest BCUT2D eigenvalue weighted by Crippen LogP contribution is -2.56. The van der Waals surface area contributed by atoms with Crippen LogP contribution < -0.4 is 10.6 Å². The van der Waals surface area contributed by atoms with E-state index in [2.05, 4.69) is 10.6 Å². The molecule has 2 heterocycles. The van der Waals surface area contributed by atoms with Crippen LogP contribution in [0.1, 0.15) is 38.7 Å².